The van der Waals surface area contributed by atoms with Gasteiger partial charge >= 0.3 is 0 Å². The molecule has 1 aromatic rings. The second kappa shape index (κ2) is 5.21. The number of nitrogens with one attached hydrogen (secondary N) is 1. The SMILES string of the molecule is CC(=O)NCCC=Cc1ccn(C)n1. The van der Waals surface area contributed by atoms with Gasteiger partial charge in [-0.1, -0.05) is 6.08 Å². The van der Waals surface area contributed by atoms with Gasteiger partial charge in [-0.25, -0.2) is 0 Å². The van der Waals surface area contributed by atoms with Crippen LogP contribution in [0.5, 0.6) is 0 Å². The molecule has 0 atom stereocenters. The van der Waals surface area contributed by atoms with E-state index < -0.39 is 0 Å². The summed E-state index contributed by atoms with van der Waals surface area (Å²) >= 11 is 0. The molecule has 0 aliphatic rings. The van der Waals surface area contributed by atoms with E-state index in [1.165, 1.54) is 6.92 Å². The Bertz CT molecular complexity index is 328. The minimum absolute atomic E-state index is 0.0104. The van der Waals surface area contributed by atoms with Crippen LogP contribution in [0.3, 0.4) is 0 Å². The third-order valence-electron chi connectivity index (χ3n) is 1.71. The van der Waals surface area contributed by atoms with Crippen LogP contribution in [0.25, 0.3) is 6.08 Å². The Morgan fingerprint density at radius 2 is 2.50 bits per heavy atom. The first-order valence-electron chi connectivity index (χ1n) is 4.59. The topological polar surface area (TPSA) is 46.9 Å². The molecule has 0 aromatic carbocycles. The zero-order valence-corrected chi connectivity index (χ0v) is 8.53. The van der Waals surface area contributed by atoms with Crippen LogP contribution in [0.4, 0.5) is 0 Å². The van der Waals surface area contributed by atoms with Crippen molar-refractivity contribution in [2.45, 2.75) is 13.3 Å². The summed E-state index contributed by atoms with van der Waals surface area (Å²) in [6.45, 7) is 2.20. The molecule has 14 heavy (non-hydrogen) atoms. The first kappa shape index (κ1) is 10.5. The highest BCUT2D eigenvalue weighted by Gasteiger charge is 1.90. The van der Waals surface area contributed by atoms with Crippen molar-refractivity contribution in [1.29, 1.82) is 0 Å². The van der Waals surface area contributed by atoms with Crippen molar-refractivity contribution in [3.63, 3.8) is 0 Å². The fraction of sp³-hybridized carbons (Fsp3) is 0.400. The predicted octanol–water partition coefficient (Wildman–Crippen LogP) is 0.959. The number of nitrogens with zero attached hydrogens (tertiary/aromatic N) is 2. The van der Waals surface area contributed by atoms with Gasteiger partial charge in [-0.3, -0.25) is 9.48 Å². The maximum absolute atomic E-state index is 10.5. The fourth-order valence-corrected chi connectivity index (χ4v) is 1.06. The van der Waals surface area contributed by atoms with Gasteiger partial charge in [0.2, 0.25) is 5.91 Å². The highest BCUT2D eigenvalue weighted by Crippen LogP contribution is 1.97. The average Bonchev–Trinajstić information content (AvgIpc) is 2.50. The second-order valence-corrected chi connectivity index (χ2v) is 3.09. The molecule has 1 amide bonds. The summed E-state index contributed by atoms with van der Waals surface area (Å²) < 4.78 is 1.76. The molecule has 1 heterocycles. The Morgan fingerprint density at radius 1 is 1.71 bits per heavy atom. The summed E-state index contributed by atoms with van der Waals surface area (Å²) in [6, 6.07) is 1.94. The van der Waals surface area contributed by atoms with Gasteiger partial charge in [0.1, 0.15) is 0 Å². The molecule has 1 aromatic heterocycles. The van der Waals surface area contributed by atoms with E-state index in [9.17, 15) is 4.79 Å². The molecule has 1 N–H and O–H groups in total. The highest BCUT2D eigenvalue weighted by atomic mass is 16.1. The van der Waals surface area contributed by atoms with Crippen molar-refractivity contribution in [3.05, 3.63) is 24.0 Å². The summed E-state index contributed by atoms with van der Waals surface area (Å²) in [6.07, 6.45) is 6.67. The Kier molecular flexibility index (Phi) is 3.91. The van der Waals surface area contributed by atoms with Gasteiger partial charge in [0.25, 0.3) is 0 Å². The van der Waals surface area contributed by atoms with Gasteiger partial charge in [-0.2, -0.15) is 5.10 Å². The number of hydrogen-bond acceptors (Lipinski definition) is 2. The van der Waals surface area contributed by atoms with Crippen LogP contribution >= 0.6 is 0 Å². The van der Waals surface area contributed by atoms with E-state index in [0.717, 1.165) is 12.1 Å². The Hall–Kier alpha value is -1.58. The largest absolute Gasteiger partial charge is 0.356 e. The van der Waals surface area contributed by atoms with Crippen LogP contribution in [-0.4, -0.2) is 22.2 Å². The van der Waals surface area contributed by atoms with Crippen molar-refractivity contribution in [1.82, 2.24) is 15.1 Å². The summed E-state index contributed by atoms with van der Waals surface area (Å²) in [5.41, 5.74) is 0.940. The first-order chi connectivity index (χ1) is 6.68. The summed E-state index contributed by atoms with van der Waals surface area (Å²) in [7, 11) is 1.88. The molecule has 76 valence electrons. The number of carbonyl (C=O) groups excluding carboxylic acids is 1. The van der Waals surface area contributed by atoms with E-state index in [1.807, 2.05) is 31.5 Å². The van der Waals surface area contributed by atoms with Crippen LogP contribution in [0.2, 0.25) is 0 Å². The monoisotopic (exact) mass is 193 g/mol. The smallest absolute Gasteiger partial charge is 0.216 e. The molecule has 0 aliphatic heterocycles. The highest BCUT2D eigenvalue weighted by molar-refractivity contribution is 5.72. The van der Waals surface area contributed by atoms with Gasteiger partial charge in [0.15, 0.2) is 0 Å². The van der Waals surface area contributed by atoms with Gasteiger partial charge < -0.3 is 5.32 Å². The quantitative estimate of drug-likeness (QED) is 0.724. The summed E-state index contributed by atoms with van der Waals surface area (Å²) in [5.74, 6) is 0.0104. The minimum Gasteiger partial charge on any atom is -0.356 e. The summed E-state index contributed by atoms with van der Waals surface area (Å²) in [4.78, 5) is 10.5. The molecule has 4 heteroatoms. The van der Waals surface area contributed by atoms with E-state index in [-0.39, 0.29) is 5.91 Å². The molecule has 0 fully saturated rings. The molecule has 0 aliphatic carbocycles. The zero-order chi connectivity index (χ0) is 10.4. The lowest BCUT2D eigenvalue weighted by molar-refractivity contribution is -0.118. The molecule has 0 unspecified atom stereocenters. The first-order valence-corrected chi connectivity index (χ1v) is 4.59. The Balaban J connectivity index is 2.24. The maximum Gasteiger partial charge on any atom is 0.216 e. The maximum atomic E-state index is 10.5. The van der Waals surface area contributed by atoms with Crippen molar-refractivity contribution in [3.8, 4) is 0 Å². The average molecular weight is 193 g/mol. The van der Waals surface area contributed by atoms with E-state index in [4.69, 9.17) is 0 Å². The minimum atomic E-state index is 0.0104. The molecular weight excluding hydrogens is 178 g/mol. The van der Waals surface area contributed by atoms with Gasteiger partial charge in [-0.15, -0.1) is 0 Å². The second-order valence-electron chi connectivity index (χ2n) is 3.09. The number of amides is 1. The van der Waals surface area contributed by atoms with Crippen molar-refractivity contribution in [2.75, 3.05) is 6.54 Å². The van der Waals surface area contributed by atoms with E-state index >= 15 is 0 Å². The van der Waals surface area contributed by atoms with Crippen LogP contribution in [0.15, 0.2) is 18.3 Å². The lowest BCUT2D eigenvalue weighted by Crippen LogP contribution is -2.20. The molecule has 0 bridgehead atoms. The van der Waals surface area contributed by atoms with E-state index in [2.05, 4.69) is 10.4 Å². The number of aryl methyl sites for hydroxylation is 1. The third kappa shape index (κ3) is 3.89. The van der Waals surface area contributed by atoms with Gasteiger partial charge in [-0.05, 0) is 18.6 Å². The Morgan fingerprint density at radius 3 is 3.07 bits per heavy atom. The van der Waals surface area contributed by atoms with Crippen LogP contribution in [-0.2, 0) is 11.8 Å². The predicted molar refractivity (Wildman–Crippen MR) is 55.5 cm³/mol. The normalized spacial score (nSPS) is 10.7. The molecule has 4 nitrogen and oxygen atoms in total. The van der Waals surface area contributed by atoms with Crippen LogP contribution in [0.1, 0.15) is 19.0 Å². The number of carbonyl (C=O) groups is 1. The molecule has 0 radical (unpaired) electrons. The molecule has 0 saturated carbocycles. The number of rotatable bonds is 4. The molecule has 0 spiro atoms. The molecule has 1 rings (SSSR count). The lowest BCUT2D eigenvalue weighted by atomic mass is 10.3. The van der Waals surface area contributed by atoms with E-state index in [1.54, 1.807) is 4.68 Å². The standard InChI is InChI=1S/C10H15N3O/c1-9(14)11-7-4-3-5-10-6-8-13(2)12-10/h3,5-6,8H,4,7H2,1-2H3,(H,11,14). The van der Waals surface area contributed by atoms with Crippen molar-refractivity contribution < 1.29 is 4.79 Å². The van der Waals surface area contributed by atoms with Gasteiger partial charge in [0.05, 0.1) is 5.69 Å². The van der Waals surface area contributed by atoms with Crippen molar-refractivity contribution >= 4 is 12.0 Å². The van der Waals surface area contributed by atoms with Gasteiger partial charge in [0, 0.05) is 26.7 Å². The Labute approximate surface area is 83.6 Å². The third-order valence-corrected chi connectivity index (χ3v) is 1.71. The van der Waals surface area contributed by atoms with E-state index in [0.29, 0.717) is 6.54 Å². The van der Waals surface area contributed by atoms with Crippen LogP contribution in [0, 0.1) is 0 Å². The van der Waals surface area contributed by atoms with Crippen LogP contribution < -0.4 is 5.32 Å². The number of hydrogen-bond donors (Lipinski definition) is 1. The van der Waals surface area contributed by atoms with Crippen molar-refractivity contribution in [2.24, 2.45) is 7.05 Å². The number of aromatic nitrogens is 2. The summed E-state index contributed by atoms with van der Waals surface area (Å²) in [5, 5.41) is 6.91. The fourth-order valence-electron chi connectivity index (χ4n) is 1.06. The lowest BCUT2D eigenvalue weighted by Gasteiger charge is -1.95. The zero-order valence-electron chi connectivity index (χ0n) is 8.53. The molecular formula is C10H15N3O. The molecule has 0 saturated heterocycles.